The minimum absolute atomic E-state index is 0.0537. The topological polar surface area (TPSA) is 72.6 Å². The first-order valence-electron chi connectivity index (χ1n) is 4.15. The van der Waals surface area contributed by atoms with Crippen molar-refractivity contribution < 1.29 is 14.8 Å². The molecule has 0 aliphatic heterocycles. The number of allylic oxidation sites excluding steroid dienone is 1. The quantitative estimate of drug-likeness (QED) is 0.263. The van der Waals surface area contributed by atoms with Gasteiger partial charge in [-0.3, -0.25) is 10.1 Å². The highest BCUT2D eigenvalue weighted by atomic mass is 16.6. The standard InChI is InChI=1S/C8H15NO4/c1-2-3-4-8(10)7-13-6-5-9(11)12/h2,8,10H,1,3-7H2. The van der Waals surface area contributed by atoms with Crippen molar-refractivity contribution in [1.29, 1.82) is 0 Å². The minimum Gasteiger partial charge on any atom is -0.391 e. The van der Waals surface area contributed by atoms with Crippen molar-refractivity contribution in [1.82, 2.24) is 0 Å². The molecule has 0 aromatic carbocycles. The van der Waals surface area contributed by atoms with Crippen molar-refractivity contribution in [2.45, 2.75) is 18.9 Å². The van der Waals surface area contributed by atoms with Gasteiger partial charge in [0.05, 0.1) is 12.7 Å². The van der Waals surface area contributed by atoms with E-state index in [0.717, 1.165) is 6.42 Å². The molecule has 0 aliphatic rings. The Morgan fingerprint density at radius 1 is 1.69 bits per heavy atom. The van der Waals surface area contributed by atoms with Crippen LogP contribution in [0.25, 0.3) is 0 Å². The van der Waals surface area contributed by atoms with Crippen LogP contribution in [0.5, 0.6) is 0 Å². The van der Waals surface area contributed by atoms with Gasteiger partial charge in [0.2, 0.25) is 6.54 Å². The van der Waals surface area contributed by atoms with E-state index in [1.165, 1.54) is 0 Å². The van der Waals surface area contributed by atoms with Crippen LogP contribution >= 0.6 is 0 Å². The fourth-order valence-electron chi connectivity index (χ4n) is 0.752. The van der Waals surface area contributed by atoms with Crippen molar-refractivity contribution in [3.05, 3.63) is 22.8 Å². The average Bonchev–Trinajstić information content (AvgIpc) is 2.08. The van der Waals surface area contributed by atoms with Crippen LogP contribution in [-0.2, 0) is 4.74 Å². The third-order valence-electron chi connectivity index (χ3n) is 1.43. The molecule has 0 rings (SSSR count). The zero-order chi connectivity index (χ0) is 10.1. The minimum atomic E-state index is -0.551. The lowest BCUT2D eigenvalue weighted by Crippen LogP contribution is -2.18. The molecule has 1 atom stereocenters. The average molecular weight is 189 g/mol. The summed E-state index contributed by atoms with van der Waals surface area (Å²) in [5.41, 5.74) is 0. The van der Waals surface area contributed by atoms with E-state index in [1.807, 2.05) is 0 Å². The van der Waals surface area contributed by atoms with Gasteiger partial charge in [-0.2, -0.15) is 0 Å². The molecule has 1 unspecified atom stereocenters. The van der Waals surface area contributed by atoms with Crippen LogP contribution in [0.2, 0.25) is 0 Å². The molecule has 0 amide bonds. The molecule has 0 heterocycles. The fourth-order valence-corrected chi connectivity index (χ4v) is 0.752. The highest BCUT2D eigenvalue weighted by Crippen LogP contribution is 1.97. The summed E-state index contributed by atoms with van der Waals surface area (Å²) in [6, 6.07) is 0. The molecule has 5 nitrogen and oxygen atoms in total. The Morgan fingerprint density at radius 3 is 2.92 bits per heavy atom. The molecule has 0 fully saturated rings. The van der Waals surface area contributed by atoms with Crippen molar-refractivity contribution >= 4 is 0 Å². The predicted octanol–water partition coefficient (Wildman–Crippen LogP) is 0.607. The van der Waals surface area contributed by atoms with Gasteiger partial charge >= 0.3 is 0 Å². The summed E-state index contributed by atoms with van der Waals surface area (Å²) in [5, 5.41) is 19.1. The summed E-state index contributed by atoms with van der Waals surface area (Å²) < 4.78 is 4.88. The predicted molar refractivity (Wildman–Crippen MR) is 48.1 cm³/mol. The number of ether oxygens (including phenoxy) is 1. The second-order valence-electron chi connectivity index (χ2n) is 2.65. The first-order chi connectivity index (χ1) is 6.16. The first-order valence-corrected chi connectivity index (χ1v) is 4.15. The highest BCUT2D eigenvalue weighted by molar-refractivity contribution is 4.68. The van der Waals surface area contributed by atoms with E-state index in [-0.39, 0.29) is 19.8 Å². The molecule has 0 saturated carbocycles. The number of hydrogen-bond acceptors (Lipinski definition) is 4. The Labute approximate surface area is 77.2 Å². The lowest BCUT2D eigenvalue weighted by molar-refractivity contribution is -0.483. The number of nitro groups is 1. The number of aliphatic hydroxyl groups excluding tert-OH is 1. The molecule has 5 heteroatoms. The van der Waals surface area contributed by atoms with Crippen LogP contribution in [-0.4, -0.2) is 35.9 Å². The summed E-state index contributed by atoms with van der Waals surface area (Å²) in [6.45, 7) is 3.51. The van der Waals surface area contributed by atoms with Gasteiger partial charge in [0, 0.05) is 4.92 Å². The molecule has 76 valence electrons. The lowest BCUT2D eigenvalue weighted by atomic mass is 10.2. The summed E-state index contributed by atoms with van der Waals surface area (Å²) >= 11 is 0. The SMILES string of the molecule is C=CCCC(O)COCC[N+](=O)[O-]. The Morgan fingerprint density at radius 2 is 2.38 bits per heavy atom. The van der Waals surface area contributed by atoms with Gasteiger partial charge in [0.15, 0.2) is 0 Å². The van der Waals surface area contributed by atoms with Crippen LogP contribution in [0.4, 0.5) is 0 Å². The van der Waals surface area contributed by atoms with E-state index in [0.29, 0.717) is 6.42 Å². The first kappa shape index (κ1) is 12.1. The third-order valence-corrected chi connectivity index (χ3v) is 1.43. The molecule has 0 aliphatic carbocycles. The van der Waals surface area contributed by atoms with E-state index >= 15 is 0 Å². The van der Waals surface area contributed by atoms with Crippen LogP contribution in [0, 0.1) is 10.1 Å². The molecule has 0 spiro atoms. The Kier molecular flexibility index (Phi) is 7.14. The third kappa shape index (κ3) is 8.97. The number of rotatable bonds is 8. The van der Waals surface area contributed by atoms with Gasteiger partial charge < -0.3 is 9.84 Å². The van der Waals surface area contributed by atoms with Gasteiger partial charge in [-0.05, 0) is 12.8 Å². The Bertz CT molecular complexity index is 160. The zero-order valence-corrected chi connectivity index (χ0v) is 7.52. The number of aliphatic hydroxyl groups is 1. The normalized spacial score (nSPS) is 12.4. The smallest absolute Gasteiger partial charge is 0.226 e. The van der Waals surface area contributed by atoms with Crippen LogP contribution in [0.15, 0.2) is 12.7 Å². The molecule has 0 bridgehead atoms. The van der Waals surface area contributed by atoms with E-state index in [4.69, 9.17) is 4.74 Å². The van der Waals surface area contributed by atoms with Crippen molar-refractivity contribution in [2.24, 2.45) is 0 Å². The summed E-state index contributed by atoms with van der Waals surface area (Å²) in [5.74, 6) is 0. The number of nitrogens with zero attached hydrogens (tertiary/aromatic N) is 1. The number of hydrogen-bond donors (Lipinski definition) is 1. The van der Waals surface area contributed by atoms with Gasteiger partial charge in [-0.1, -0.05) is 6.08 Å². The Hall–Kier alpha value is -0.940. The van der Waals surface area contributed by atoms with E-state index in [9.17, 15) is 15.2 Å². The maximum absolute atomic E-state index is 9.87. The van der Waals surface area contributed by atoms with E-state index < -0.39 is 11.0 Å². The van der Waals surface area contributed by atoms with Crippen molar-refractivity contribution in [3.8, 4) is 0 Å². The van der Waals surface area contributed by atoms with E-state index in [2.05, 4.69) is 6.58 Å². The maximum atomic E-state index is 9.87. The second kappa shape index (κ2) is 7.70. The summed E-state index contributed by atoms with van der Waals surface area (Å²) in [4.78, 5) is 9.42. The summed E-state index contributed by atoms with van der Waals surface area (Å²) in [6.07, 6.45) is 2.46. The maximum Gasteiger partial charge on any atom is 0.226 e. The van der Waals surface area contributed by atoms with E-state index in [1.54, 1.807) is 6.08 Å². The molecule has 13 heavy (non-hydrogen) atoms. The van der Waals surface area contributed by atoms with Gasteiger partial charge in [-0.25, -0.2) is 0 Å². The molecule has 0 aromatic rings. The van der Waals surface area contributed by atoms with Crippen LogP contribution in [0.3, 0.4) is 0 Å². The highest BCUT2D eigenvalue weighted by Gasteiger charge is 2.03. The largest absolute Gasteiger partial charge is 0.391 e. The molecule has 0 radical (unpaired) electrons. The van der Waals surface area contributed by atoms with Crippen LogP contribution in [0.1, 0.15) is 12.8 Å². The Balaban J connectivity index is 3.21. The summed E-state index contributed by atoms with van der Waals surface area (Å²) in [7, 11) is 0. The zero-order valence-electron chi connectivity index (χ0n) is 7.52. The van der Waals surface area contributed by atoms with Gasteiger partial charge in [0.1, 0.15) is 6.61 Å². The van der Waals surface area contributed by atoms with Crippen molar-refractivity contribution in [2.75, 3.05) is 19.8 Å². The molecular formula is C8H15NO4. The molecule has 0 saturated heterocycles. The molecule has 1 N–H and O–H groups in total. The van der Waals surface area contributed by atoms with Crippen LogP contribution < -0.4 is 0 Å². The lowest BCUT2D eigenvalue weighted by Gasteiger charge is -2.08. The monoisotopic (exact) mass is 189 g/mol. The van der Waals surface area contributed by atoms with Crippen molar-refractivity contribution in [3.63, 3.8) is 0 Å². The van der Waals surface area contributed by atoms with Gasteiger partial charge in [-0.15, -0.1) is 6.58 Å². The molecule has 0 aromatic heterocycles. The van der Waals surface area contributed by atoms with Gasteiger partial charge in [0.25, 0.3) is 0 Å². The fraction of sp³-hybridized carbons (Fsp3) is 0.750. The second-order valence-corrected chi connectivity index (χ2v) is 2.65. The molecular weight excluding hydrogens is 174 g/mol.